The average molecular weight is 495 g/mol. The first-order valence-electron chi connectivity index (χ1n) is 8.59. The van der Waals surface area contributed by atoms with Gasteiger partial charge >= 0.3 is 0 Å². The molecule has 29 heavy (non-hydrogen) atoms. The molecular formula is C19H19Cl4N3O2S. The first-order chi connectivity index (χ1) is 13.7. The van der Waals surface area contributed by atoms with Crippen molar-refractivity contribution in [1.82, 2.24) is 10.6 Å². The highest BCUT2D eigenvalue weighted by molar-refractivity contribution is 7.80. The minimum atomic E-state index is -1.87. The summed E-state index contributed by atoms with van der Waals surface area (Å²) >= 11 is 29.2. The smallest absolute Gasteiger partial charge is 0.259 e. The van der Waals surface area contributed by atoms with Crippen LogP contribution in [0.15, 0.2) is 48.5 Å². The van der Waals surface area contributed by atoms with Crippen molar-refractivity contribution in [2.45, 2.75) is 23.3 Å². The molecule has 0 aliphatic heterocycles. The molecule has 0 unspecified atom stereocenters. The molecule has 3 N–H and O–H groups in total. The van der Waals surface area contributed by atoms with Gasteiger partial charge in [-0.3, -0.25) is 4.79 Å². The molecule has 1 atom stereocenters. The highest BCUT2D eigenvalue weighted by Crippen LogP contribution is 2.29. The molecule has 2 rings (SSSR count). The van der Waals surface area contributed by atoms with Gasteiger partial charge in [-0.1, -0.05) is 77.6 Å². The molecular weight excluding hydrogens is 476 g/mol. The van der Waals surface area contributed by atoms with Gasteiger partial charge in [0.1, 0.15) is 11.9 Å². The highest BCUT2D eigenvalue weighted by atomic mass is 35.6. The van der Waals surface area contributed by atoms with E-state index in [0.29, 0.717) is 16.5 Å². The van der Waals surface area contributed by atoms with E-state index >= 15 is 0 Å². The maximum Gasteiger partial charge on any atom is 0.259 e. The number of carbonyl (C=O) groups excluding carboxylic acids is 1. The molecule has 0 saturated heterocycles. The summed E-state index contributed by atoms with van der Waals surface area (Å²) in [6.45, 7) is 1.80. The number of ether oxygens (including phenoxy) is 1. The van der Waals surface area contributed by atoms with E-state index in [9.17, 15) is 4.79 Å². The van der Waals surface area contributed by atoms with E-state index in [4.69, 9.17) is 63.4 Å². The van der Waals surface area contributed by atoms with Crippen molar-refractivity contribution in [1.29, 1.82) is 0 Å². The van der Waals surface area contributed by atoms with Crippen LogP contribution in [-0.4, -0.2) is 27.6 Å². The van der Waals surface area contributed by atoms with Gasteiger partial charge in [-0.25, -0.2) is 0 Å². The molecule has 0 aliphatic carbocycles. The number of hydrogen-bond donors (Lipinski definition) is 3. The number of aryl methyl sites for hydroxylation is 1. The fourth-order valence-corrected chi connectivity index (χ4v) is 2.96. The van der Waals surface area contributed by atoms with E-state index in [1.807, 2.05) is 12.1 Å². The molecule has 0 spiro atoms. The number of rotatable bonds is 7. The Morgan fingerprint density at radius 1 is 1.10 bits per heavy atom. The van der Waals surface area contributed by atoms with Crippen LogP contribution in [0.1, 0.15) is 12.5 Å². The summed E-state index contributed by atoms with van der Waals surface area (Å²) in [5.74, 6) is 0.0700. The molecule has 2 aromatic carbocycles. The lowest BCUT2D eigenvalue weighted by Gasteiger charge is -2.27. The lowest BCUT2D eigenvalue weighted by Crippen LogP contribution is -2.57. The van der Waals surface area contributed by atoms with E-state index in [1.54, 1.807) is 36.4 Å². The van der Waals surface area contributed by atoms with Gasteiger partial charge in [0.15, 0.2) is 11.7 Å². The van der Waals surface area contributed by atoms with Crippen LogP contribution in [0.4, 0.5) is 5.69 Å². The van der Waals surface area contributed by atoms with Crippen molar-refractivity contribution in [3.63, 3.8) is 0 Å². The van der Waals surface area contributed by atoms with Crippen molar-refractivity contribution in [2.24, 2.45) is 0 Å². The zero-order valence-corrected chi connectivity index (χ0v) is 19.2. The maximum absolute atomic E-state index is 12.3. The Balaban J connectivity index is 1.92. The Kier molecular flexibility index (Phi) is 9.11. The Bertz CT molecular complexity index is 844. The van der Waals surface area contributed by atoms with Gasteiger partial charge in [-0.2, -0.15) is 0 Å². The summed E-state index contributed by atoms with van der Waals surface area (Å²) in [4.78, 5) is 12.3. The Morgan fingerprint density at radius 2 is 1.76 bits per heavy atom. The van der Waals surface area contributed by atoms with Crippen LogP contribution in [0.5, 0.6) is 5.75 Å². The third-order valence-corrected chi connectivity index (χ3v) is 4.94. The second-order valence-corrected chi connectivity index (χ2v) is 9.09. The van der Waals surface area contributed by atoms with E-state index in [1.165, 1.54) is 5.56 Å². The molecule has 0 radical (unpaired) electrons. The normalized spacial score (nSPS) is 12.0. The molecule has 2 aromatic rings. The summed E-state index contributed by atoms with van der Waals surface area (Å²) < 4.78 is 3.59. The van der Waals surface area contributed by atoms with Crippen LogP contribution >= 0.6 is 58.6 Å². The molecule has 0 bridgehead atoms. The molecule has 10 heteroatoms. The quantitative estimate of drug-likeness (QED) is 0.284. The number of nitrogens with one attached hydrogen (secondary N) is 3. The molecule has 0 heterocycles. The first-order valence-corrected chi connectivity index (χ1v) is 10.5. The number of amides is 1. The van der Waals surface area contributed by atoms with Gasteiger partial charge in [-0.15, -0.1) is 0 Å². The van der Waals surface area contributed by atoms with Crippen LogP contribution < -0.4 is 20.7 Å². The van der Waals surface area contributed by atoms with Crippen LogP contribution in [-0.2, 0) is 11.2 Å². The van der Waals surface area contributed by atoms with E-state index in [-0.39, 0.29) is 11.7 Å². The summed E-state index contributed by atoms with van der Waals surface area (Å²) in [6.07, 6.45) is -0.187. The number of para-hydroxylation sites is 1. The van der Waals surface area contributed by atoms with Gasteiger partial charge in [0.25, 0.3) is 5.91 Å². The monoisotopic (exact) mass is 493 g/mol. The van der Waals surface area contributed by atoms with Gasteiger partial charge in [-0.05, 0) is 48.5 Å². The van der Waals surface area contributed by atoms with Gasteiger partial charge < -0.3 is 20.7 Å². The van der Waals surface area contributed by atoms with E-state index in [0.717, 1.165) is 6.42 Å². The Morgan fingerprint density at radius 3 is 2.34 bits per heavy atom. The van der Waals surface area contributed by atoms with E-state index in [2.05, 4.69) is 22.9 Å². The predicted molar refractivity (Wildman–Crippen MR) is 124 cm³/mol. The van der Waals surface area contributed by atoms with Gasteiger partial charge in [0.2, 0.25) is 3.79 Å². The lowest BCUT2D eigenvalue weighted by atomic mass is 10.2. The standard InChI is InChI=1S/C19H19Cl4N3O2S/c1-2-12-7-9-13(10-8-12)28-11-16(27)25-17(19(21,22)23)26-18(29)24-15-6-4-3-5-14(15)20/h3-10,17H,2,11H2,1H3,(H,25,27)(H2,24,26,29)/t17-/m0/s1. The summed E-state index contributed by atoms with van der Waals surface area (Å²) in [7, 11) is 0. The van der Waals surface area contributed by atoms with Crippen LogP contribution in [0.3, 0.4) is 0 Å². The maximum atomic E-state index is 12.3. The third-order valence-electron chi connectivity index (χ3n) is 3.73. The molecule has 1 amide bonds. The summed E-state index contributed by atoms with van der Waals surface area (Å²) in [5.41, 5.74) is 1.74. The molecule has 5 nitrogen and oxygen atoms in total. The minimum Gasteiger partial charge on any atom is -0.484 e. The molecule has 156 valence electrons. The van der Waals surface area contributed by atoms with Crippen LogP contribution in [0.2, 0.25) is 5.02 Å². The number of benzene rings is 2. The van der Waals surface area contributed by atoms with Gasteiger partial charge in [0, 0.05) is 0 Å². The zero-order chi connectivity index (χ0) is 21.4. The van der Waals surface area contributed by atoms with Gasteiger partial charge in [0.05, 0.1) is 10.7 Å². The summed E-state index contributed by atoms with van der Waals surface area (Å²) in [5, 5.41) is 8.77. The fraction of sp³-hybridized carbons (Fsp3) is 0.263. The van der Waals surface area contributed by atoms with Crippen LogP contribution in [0.25, 0.3) is 0 Å². The second-order valence-electron chi connectivity index (χ2n) is 5.91. The van der Waals surface area contributed by atoms with Crippen LogP contribution in [0, 0.1) is 0 Å². The SMILES string of the molecule is CCc1ccc(OCC(=O)N[C@@H](NC(=S)Nc2ccccc2Cl)C(Cl)(Cl)Cl)cc1. The van der Waals surface area contributed by atoms with Crippen molar-refractivity contribution >= 4 is 75.3 Å². The van der Waals surface area contributed by atoms with E-state index < -0.39 is 15.9 Å². The first kappa shape index (κ1) is 23.8. The number of thiocarbonyl (C=S) groups is 1. The molecule has 0 aliphatic rings. The lowest BCUT2D eigenvalue weighted by molar-refractivity contribution is -0.123. The second kappa shape index (κ2) is 11.1. The molecule has 0 saturated carbocycles. The molecule has 0 fully saturated rings. The number of anilines is 1. The number of carbonyl (C=O) groups is 1. The number of halogens is 4. The average Bonchev–Trinajstić information content (AvgIpc) is 2.67. The predicted octanol–water partition coefficient (Wildman–Crippen LogP) is 5.08. The Labute approximate surface area is 195 Å². The summed E-state index contributed by atoms with van der Waals surface area (Å²) in [6, 6.07) is 14.4. The minimum absolute atomic E-state index is 0.116. The largest absolute Gasteiger partial charge is 0.484 e. The topological polar surface area (TPSA) is 62.4 Å². The number of hydrogen-bond acceptors (Lipinski definition) is 3. The zero-order valence-electron chi connectivity index (χ0n) is 15.3. The molecule has 0 aromatic heterocycles. The number of alkyl halides is 3. The Hall–Kier alpha value is -1.44. The van der Waals surface area contributed by atoms with Crippen molar-refractivity contribution in [3.8, 4) is 5.75 Å². The van der Waals surface area contributed by atoms with Crippen molar-refractivity contribution < 1.29 is 9.53 Å². The van der Waals surface area contributed by atoms with Crippen molar-refractivity contribution in [2.75, 3.05) is 11.9 Å². The van der Waals surface area contributed by atoms with Crippen molar-refractivity contribution in [3.05, 3.63) is 59.1 Å². The third kappa shape index (κ3) is 8.07. The fourth-order valence-electron chi connectivity index (χ4n) is 2.22. The highest BCUT2D eigenvalue weighted by Gasteiger charge is 2.34.